The first-order valence-electron chi connectivity index (χ1n) is 13.1. The highest BCUT2D eigenvalue weighted by atomic mass is 16.6. The molecule has 1 heterocycles. The van der Waals surface area contributed by atoms with E-state index in [9.17, 15) is 5.11 Å². The lowest BCUT2D eigenvalue weighted by atomic mass is 9.44. The Bertz CT molecular complexity index is 630. The third kappa shape index (κ3) is 2.86. The summed E-state index contributed by atoms with van der Waals surface area (Å²) < 4.78 is 6.56. The minimum Gasteiger partial charge on any atom is -0.393 e. The predicted octanol–water partition coefficient (Wildman–Crippen LogP) is 6.60. The highest BCUT2D eigenvalue weighted by molar-refractivity contribution is 5.23. The van der Waals surface area contributed by atoms with Crippen LogP contribution in [0.25, 0.3) is 0 Å². The summed E-state index contributed by atoms with van der Waals surface area (Å²) in [5.74, 6) is 4.30. The molecule has 5 fully saturated rings. The van der Waals surface area contributed by atoms with Crippen LogP contribution in [0.4, 0.5) is 0 Å². The van der Waals surface area contributed by atoms with E-state index in [4.69, 9.17) is 4.74 Å². The van der Waals surface area contributed by atoms with Crippen molar-refractivity contribution in [3.05, 3.63) is 0 Å². The van der Waals surface area contributed by atoms with Gasteiger partial charge >= 0.3 is 0 Å². The standard InChI is InChI=1S/C27H46O2/c1-17(2)9-8-10-18(3)24-22(28)16-21-19-15-23-27(29-23)13-7-6-12-26(27,5)20(19)11-14-25(21,24)4/h17-24,28H,6-16H2,1-5H3/t18-,19-,20+,21+,22?,23?,24+,25+,26-,27?/m1/s1. The van der Waals surface area contributed by atoms with E-state index < -0.39 is 0 Å². The SMILES string of the molecule is CC(C)CCC[C@@H](C)[C@H]1C(O)C[C@H]2[C@@H]3CC4OC45CCCC[C@]5(C)[C@H]3CC[C@]12C. The van der Waals surface area contributed by atoms with Gasteiger partial charge in [-0.1, -0.05) is 66.7 Å². The van der Waals surface area contributed by atoms with Crippen LogP contribution in [-0.4, -0.2) is 22.9 Å². The Hall–Kier alpha value is -0.0800. The largest absolute Gasteiger partial charge is 0.393 e. The van der Waals surface area contributed by atoms with Crippen molar-refractivity contribution < 1.29 is 9.84 Å². The maximum atomic E-state index is 11.3. The molecule has 0 aromatic carbocycles. The maximum Gasteiger partial charge on any atom is 0.100 e. The van der Waals surface area contributed by atoms with Crippen LogP contribution in [0.15, 0.2) is 0 Å². The van der Waals surface area contributed by atoms with E-state index in [1.165, 1.54) is 64.2 Å². The van der Waals surface area contributed by atoms with Crippen LogP contribution < -0.4 is 0 Å². The van der Waals surface area contributed by atoms with E-state index in [-0.39, 0.29) is 11.7 Å². The number of hydrogen-bond acceptors (Lipinski definition) is 2. The third-order valence-electron chi connectivity index (χ3n) is 11.2. The van der Waals surface area contributed by atoms with Crippen molar-refractivity contribution in [1.82, 2.24) is 0 Å². The molecule has 1 spiro atoms. The van der Waals surface area contributed by atoms with Crippen molar-refractivity contribution in [1.29, 1.82) is 0 Å². The Morgan fingerprint density at radius 2 is 1.72 bits per heavy atom. The number of aliphatic hydroxyl groups is 1. The molecule has 0 radical (unpaired) electrons. The zero-order valence-electron chi connectivity index (χ0n) is 19.8. The van der Waals surface area contributed by atoms with Crippen LogP contribution in [0.1, 0.15) is 105 Å². The van der Waals surface area contributed by atoms with Gasteiger partial charge in [-0.15, -0.1) is 0 Å². The predicted molar refractivity (Wildman–Crippen MR) is 119 cm³/mol. The minimum atomic E-state index is -0.0798. The monoisotopic (exact) mass is 402 g/mol. The van der Waals surface area contributed by atoms with Gasteiger partial charge in [0.2, 0.25) is 0 Å². The molecule has 5 aliphatic rings. The lowest BCUT2D eigenvalue weighted by Gasteiger charge is -2.59. The van der Waals surface area contributed by atoms with Gasteiger partial charge in [0.15, 0.2) is 0 Å². The van der Waals surface area contributed by atoms with E-state index in [1.807, 2.05) is 0 Å². The second-order valence-corrected chi connectivity index (χ2v) is 12.9. The van der Waals surface area contributed by atoms with Gasteiger partial charge in [-0.3, -0.25) is 0 Å². The Balaban J connectivity index is 1.36. The summed E-state index contributed by atoms with van der Waals surface area (Å²) in [4.78, 5) is 0. The molecular formula is C27H46O2. The average molecular weight is 403 g/mol. The van der Waals surface area contributed by atoms with Crippen molar-refractivity contribution >= 4 is 0 Å². The molecule has 10 atom stereocenters. The fraction of sp³-hybridized carbons (Fsp3) is 1.00. The molecule has 4 aliphatic carbocycles. The molecule has 0 bridgehead atoms. The summed E-state index contributed by atoms with van der Waals surface area (Å²) in [7, 11) is 0. The van der Waals surface area contributed by atoms with Crippen molar-refractivity contribution in [3.8, 4) is 0 Å². The second-order valence-electron chi connectivity index (χ2n) is 12.9. The molecule has 5 rings (SSSR count). The van der Waals surface area contributed by atoms with Gasteiger partial charge in [-0.05, 0) is 79.4 Å². The summed E-state index contributed by atoms with van der Waals surface area (Å²) in [6, 6.07) is 0. The molecule has 0 aromatic heterocycles. The molecular weight excluding hydrogens is 356 g/mol. The molecule has 1 saturated heterocycles. The van der Waals surface area contributed by atoms with Crippen molar-refractivity contribution in [2.75, 3.05) is 0 Å². The van der Waals surface area contributed by atoms with E-state index in [0.717, 1.165) is 30.1 Å². The van der Waals surface area contributed by atoms with Crippen LogP contribution in [0.3, 0.4) is 0 Å². The first-order valence-corrected chi connectivity index (χ1v) is 13.1. The number of fused-ring (bicyclic) bond motifs is 4. The maximum absolute atomic E-state index is 11.3. The van der Waals surface area contributed by atoms with Crippen molar-refractivity contribution in [2.24, 2.45) is 46.3 Å². The van der Waals surface area contributed by atoms with Gasteiger partial charge in [0.1, 0.15) is 5.60 Å². The van der Waals surface area contributed by atoms with Crippen molar-refractivity contribution in [2.45, 2.75) is 123 Å². The Labute approximate surface area is 179 Å². The normalized spacial score (nSPS) is 54.3. The quantitative estimate of drug-likeness (QED) is 0.525. The number of rotatable bonds is 5. The van der Waals surface area contributed by atoms with Gasteiger partial charge in [0, 0.05) is 5.41 Å². The summed E-state index contributed by atoms with van der Waals surface area (Å²) in [5, 5.41) is 11.3. The fourth-order valence-corrected chi connectivity index (χ4v) is 9.82. The number of hydrogen-bond donors (Lipinski definition) is 1. The van der Waals surface area contributed by atoms with E-state index in [2.05, 4.69) is 34.6 Å². The molecule has 4 saturated carbocycles. The Morgan fingerprint density at radius 3 is 2.48 bits per heavy atom. The number of aliphatic hydroxyl groups excluding tert-OH is 1. The zero-order chi connectivity index (χ0) is 20.6. The van der Waals surface area contributed by atoms with Gasteiger partial charge < -0.3 is 9.84 Å². The molecule has 3 unspecified atom stereocenters. The summed E-state index contributed by atoms with van der Waals surface area (Å²) >= 11 is 0. The van der Waals surface area contributed by atoms with Gasteiger partial charge in [-0.25, -0.2) is 0 Å². The molecule has 2 heteroatoms. The second kappa shape index (κ2) is 6.96. The molecule has 1 aliphatic heterocycles. The fourth-order valence-electron chi connectivity index (χ4n) is 9.82. The van der Waals surface area contributed by atoms with E-state index >= 15 is 0 Å². The van der Waals surface area contributed by atoms with E-state index in [1.54, 1.807) is 0 Å². The van der Waals surface area contributed by atoms with Crippen LogP contribution in [0.5, 0.6) is 0 Å². The Kier molecular flexibility index (Phi) is 4.99. The zero-order valence-corrected chi connectivity index (χ0v) is 19.8. The number of epoxide rings is 1. The molecule has 29 heavy (non-hydrogen) atoms. The first kappa shape index (κ1) is 20.8. The molecule has 1 N–H and O–H groups in total. The molecule has 0 aromatic rings. The summed E-state index contributed by atoms with van der Waals surface area (Å²) in [5.41, 5.74) is 1.00. The lowest BCUT2D eigenvalue weighted by Crippen LogP contribution is -2.57. The summed E-state index contributed by atoms with van der Waals surface area (Å²) in [6.07, 6.45) is 15.0. The van der Waals surface area contributed by atoms with Gasteiger partial charge in [-0.2, -0.15) is 0 Å². The average Bonchev–Trinajstić information content (AvgIpc) is 3.28. The highest BCUT2D eigenvalue weighted by Gasteiger charge is 2.75. The van der Waals surface area contributed by atoms with Crippen molar-refractivity contribution in [3.63, 3.8) is 0 Å². The topological polar surface area (TPSA) is 32.8 Å². The number of ether oxygens (including phenoxy) is 1. The Morgan fingerprint density at radius 1 is 0.966 bits per heavy atom. The first-order chi connectivity index (χ1) is 13.7. The van der Waals surface area contributed by atoms with Crippen LogP contribution in [-0.2, 0) is 4.74 Å². The minimum absolute atomic E-state index is 0.0798. The van der Waals surface area contributed by atoms with Crippen LogP contribution in [0.2, 0.25) is 0 Å². The molecule has 166 valence electrons. The highest BCUT2D eigenvalue weighted by Crippen LogP contribution is 2.74. The smallest absolute Gasteiger partial charge is 0.100 e. The van der Waals surface area contributed by atoms with E-state index in [0.29, 0.717) is 28.8 Å². The van der Waals surface area contributed by atoms with Crippen LogP contribution >= 0.6 is 0 Å². The third-order valence-corrected chi connectivity index (χ3v) is 11.2. The van der Waals surface area contributed by atoms with Gasteiger partial charge in [0.25, 0.3) is 0 Å². The van der Waals surface area contributed by atoms with Crippen LogP contribution in [0, 0.1) is 46.3 Å². The molecule has 2 nitrogen and oxygen atoms in total. The molecule has 0 amide bonds. The summed E-state index contributed by atoms with van der Waals surface area (Å²) in [6.45, 7) is 12.3. The lowest BCUT2D eigenvalue weighted by molar-refractivity contribution is -0.102. The van der Waals surface area contributed by atoms with Gasteiger partial charge in [0.05, 0.1) is 12.2 Å².